The summed E-state index contributed by atoms with van der Waals surface area (Å²) < 4.78 is 9.90. The Kier molecular flexibility index (Phi) is 5.62. The van der Waals surface area contributed by atoms with E-state index in [4.69, 9.17) is 9.47 Å². The van der Waals surface area contributed by atoms with E-state index in [0.717, 1.165) is 10.7 Å². The third-order valence-corrected chi connectivity index (χ3v) is 4.63. The number of ether oxygens (including phenoxy) is 2. The molecule has 2 aromatic heterocycles. The quantitative estimate of drug-likeness (QED) is 0.752. The van der Waals surface area contributed by atoms with Crippen LogP contribution in [0.3, 0.4) is 0 Å². The number of rotatable bonds is 6. The van der Waals surface area contributed by atoms with Gasteiger partial charge in [0, 0.05) is 23.6 Å². The first-order valence-corrected chi connectivity index (χ1v) is 8.49. The van der Waals surface area contributed by atoms with Crippen LogP contribution >= 0.6 is 22.7 Å². The number of thiazole rings is 2. The Labute approximate surface area is 136 Å². The zero-order chi connectivity index (χ0) is 16.1. The number of carbonyl (C=O) groups is 2. The zero-order valence-electron chi connectivity index (χ0n) is 12.5. The van der Waals surface area contributed by atoms with Crippen molar-refractivity contribution in [3.63, 3.8) is 0 Å². The summed E-state index contributed by atoms with van der Waals surface area (Å²) in [7, 11) is 0. The first-order valence-electron chi connectivity index (χ1n) is 6.73. The Hall–Kier alpha value is -1.80. The fourth-order valence-corrected chi connectivity index (χ4v) is 3.29. The van der Waals surface area contributed by atoms with Crippen LogP contribution in [0, 0.1) is 0 Å². The van der Waals surface area contributed by atoms with Crippen LogP contribution in [0.4, 0.5) is 0 Å². The average Bonchev–Trinajstić information content (AvgIpc) is 3.13. The molecule has 0 aromatic carbocycles. The fourth-order valence-electron chi connectivity index (χ4n) is 1.62. The molecule has 2 heterocycles. The van der Waals surface area contributed by atoms with Crippen LogP contribution in [0.2, 0.25) is 0 Å². The molecule has 0 N–H and O–H groups in total. The maximum atomic E-state index is 11.6. The van der Waals surface area contributed by atoms with Crippen molar-refractivity contribution < 1.29 is 19.1 Å². The molecule has 0 radical (unpaired) electrons. The monoisotopic (exact) mass is 340 g/mol. The van der Waals surface area contributed by atoms with Gasteiger partial charge in [-0.1, -0.05) is 6.92 Å². The SMILES string of the molecule is CCOC(=O)c1csc(-c2csc(C(C)COC(C)=O)n2)n1. The zero-order valence-corrected chi connectivity index (χ0v) is 14.1. The molecule has 2 aromatic rings. The smallest absolute Gasteiger partial charge is 0.357 e. The van der Waals surface area contributed by atoms with Crippen LogP contribution in [0.1, 0.15) is 42.2 Å². The molecule has 1 atom stereocenters. The lowest BCUT2D eigenvalue weighted by Gasteiger charge is -2.07. The summed E-state index contributed by atoms with van der Waals surface area (Å²) in [5, 5.41) is 5.08. The van der Waals surface area contributed by atoms with E-state index in [2.05, 4.69) is 9.97 Å². The van der Waals surface area contributed by atoms with Crippen LogP contribution in [0.25, 0.3) is 10.7 Å². The minimum absolute atomic E-state index is 0.0205. The van der Waals surface area contributed by atoms with E-state index in [-0.39, 0.29) is 11.9 Å². The van der Waals surface area contributed by atoms with Gasteiger partial charge in [-0.05, 0) is 6.92 Å². The molecule has 1 unspecified atom stereocenters. The van der Waals surface area contributed by atoms with Gasteiger partial charge in [-0.3, -0.25) is 4.79 Å². The molecule has 0 amide bonds. The summed E-state index contributed by atoms with van der Waals surface area (Å²) >= 11 is 2.83. The summed E-state index contributed by atoms with van der Waals surface area (Å²) in [6, 6.07) is 0. The number of nitrogens with zero attached hydrogens (tertiary/aromatic N) is 2. The Morgan fingerprint density at radius 3 is 2.68 bits per heavy atom. The molecule has 0 spiro atoms. The van der Waals surface area contributed by atoms with Crippen LogP contribution in [-0.4, -0.2) is 35.1 Å². The predicted octanol–water partition coefficient (Wildman–Crippen LogP) is 3.11. The number of esters is 2. The lowest BCUT2D eigenvalue weighted by Crippen LogP contribution is -2.07. The van der Waals surface area contributed by atoms with Gasteiger partial charge in [0.1, 0.15) is 17.3 Å². The second-order valence-electron chi connectivity index (χ2n) is 4.53. The second kappa shape index (κ2) is 7.46. The molecule has 0 fully saturated rings. The first-order chi connectivity index (χ1) is 10.5. The van der Waals surface area contributed by atoms with Gasteiger partial charge in [0.15, 0.2) is 5.69 Å². The average molecular weight is 340 g/mol. The van der Waals surface area contributed by atoms with Gasteiger partial charge in [-0.25, -0.2) is 14.8 Å². The van der Waals surface area contributed by atoms with Crippen LogP contribution in [-0.2, 0) is 14.3 Å². The van der Waals surface area contributed by atoms with Gasteiger partial charge in [-0.15, -0.1) is 22.7 Å². The maximum Gasteiger partial charge on any atom is 0.357 e. The largest absolute Gasteiger partial charge is 0.465 e. The van der Waals surface area contributed by atoms with Crippen LogP contribution in [0.5, 0.6) is 0 Å². The van der Waals surface area contributed by atoms with Gasteiger partial charge >= 0.3 is 11.9 Å². The van der Waals surface area contributed by atoms with Crippen molar-refractivity contribution in [1.29, 1.82) is 0 Å². The van der Waals surface area contributed by atoms with Gasteiger partial charge in [0.05, 0.1) is 11.6 Å². The fraction of sp³-hybridized carbons (Fsp3) is 0.429. The molecule has 0 bridgehead atoms. The molecule has 0 aliphatic heterocycles. The van der Waals surface area contributed by atoms with E-state index >= 15 is 0 Å². The normalized spacial score (nSPS) is 12.0. The highest BCUT2D eigenvalue weighted by Gasteiger charge is 2.17. The van der Waals surface area contributed by atoms with E-state index in [1.165, 1.54) is 29.6 Å². The molecule has 0 aliphatic carbocycles. The third-order valence-electron chi connectivity index (χ3n) is 2.69. The van der Waals surface area contributed by atoms with Gasteiger partial charge < -0.3 is 9.47 Å². The van der Waals surface area contributed by atoms with E-state index in [1.54, 1.807) is 12.3 Å². The molecule has 6 nitrogen and oxygen atoms in total. The lowest BCUT2D eigenvalue weighted by molar-refractivity contribution is -0.141. The van der Waals surface area contributed by atoms with E-state index < -0.39 is 5.97 Å². The van der Waals surface area contributed by atoms with E-state index in [9.17, 15) is 9.59 Å². The summed E-state index contributed by atoms with van der Waals surface area (Å²) in [6.45, 7) is 5.70. The lowest BCUT2D eigenvalue weighted by atomic mass is 10.2. The van der Waals surface area contributed by atoms with Crippen molar-refractivity contribution >= 4 is 34.6 Å². The molecule has 0 saturated carbocycles. The Morgan fingerprint density at radius 1 is 1.23 bits per heavy atom. The highest BCUT2D eigenvalue weighted by Crippen LogP contribution is 2.29. The number of hydrogen-bond acceptors (Lipinski definition) is 8. The molecule has 8 heteroatoms. The van der Waals surface area contributed by atoms with E-state index in [1.807, 2.05) is 12.3 Å². The van der Waals surface area contributed by atoms with Crippen LogP contribution < -0.4 is 0 Å². The highest BCUT2D eigenvalue weighted by molar-refractivity contribution is 7.14. The van der Waals surface area contributed by atoms with E-state index in [0.29, 0.717) is 23.9 Å². The summed E-state index contributed by atoms with van der Waals surface area (Å²) in [5.41, 5.74) is 1.01. The molecule has 0 aliphatic rings. The standard InChI is InChI=1S/C14H16N2O4S2/c1-4-19-14(18)11-7-22-13(16-11)10-6-21-12(15-10)8(2)5-20-9(3)17/h6-8H,4-5H2,1-3H3. The van der Waals surface area contributed by atoms with Crippen molar-refractivity contribution in [2.45, 2.75) is 26.7 Å². The van der Waals surface area contributed by atoms with Gasteiger partial charge in [0.2, 0.25) is 0 Å². The first kappa shape index (κ1) is 16.6. The molecule has 22 heavy (non-hydrogen) atoms. The Morgan fingerprint density at radius 2 is 2.00 bits per heavy atom. The van der Waals surface area contributed by atoms with Crippen molar-refractivity contribution in [3.8, 4) is 10.7 Å². The number of carbonyl (C=O) groups excluding carboxylic acids is 2. The molecule has 118 valence electrons. The molecular weight excluding hydrogens is 324 g/mol. The van der Waals surface area contributed by atoms with Crippen molar-refractivity contribution in [3.05, 3.63) is 21.5 Å². The maximum absolute atomic E-state index is 11.6. The molecule has 0 saturated heterocycles. The summed E-state index contributed by atoms with van der Waals surface area (Å²) in [5.74, 6) is -0.710. The highest BCUT2D eigenvalue weighted by atomic mass is 32.1. The predicted molar refractivity (Wildman–Crippen MR) is 84.2 cm³/mol. The Bertz CT molecular complexity index is 665. The van der Waals surface area contributed by atoms with Gasteiger partial charge in [0.25, 0.3) is 0 Å². The van der Waals surface area contributed by atoms with Crippen molar-refractivity contribution in [1.82, 2.24) is 9.97 Å². The van der Waals surface area contributed by atoms with Crippen LogP contribution in [0.15, 0.2) is 10.8 Å². The second-order valence-corrected chi connectivity index (χ2v) is 6.28. The van der Waals surface area contributed by atoms with Crippen molar-refractivity contribution in [2.75, 3.05) is 13.2 Å². The molecular formula is C14H16N2O4S2. The number of aromatic nitrogens is 2. The Balaban J connectivity index is 2.08. The summed E-state index contributed by atoms with van der Waals surface area (Å²) in [4.78, 5) is 31.2. The third kappa shape index (κ3) is 4.11. The van der Waals surface area contributed by atoms with Gasteiger partial charge in [-0.2, -0.15) is 0 Å². The minimum Gasteiger partial charge on any atom is -0.465 e. The summed E-state index contributed by atoms with van der Waals surface area (Å²) in [6.07, 6.45) is 0. The minimum atomic E-state index is -0.427. The van der Waals surface area contributed by atoms with Crippen molar-refractivity contribution in [2.24, 2.45) is 0 Å². The molecule has 2 rings (SSSR count). The number of hydrogen-bond donors (Lipinski definition) is 0. The topological polar surface area (TPSA) is 78.4 Å².